The van der Waals surface area contributed by atoms with Crippen molar-refractivity contribution in [1.29, 1.82) is 0 Å². The number of carbonyl (C=O) groups is 2. The zero-order chi connectivity index (χ0) is 12.2. The molecule has 0 aromatic carbocycles. The maximum Gasteiger partial charge on any atom is 0.414 e. The summed E-state index contributed by atoms with van der Waals surface area (Å²) in [5.74, 6) is -0.00626. The van der Waals surface area contributed by atoms with Crippen LogP contribution in [0.2, 0.25) is 0 Å². The van der Waals surface area contributed by atoms with Crippen LogP contribution < -0.4 is 5.32 Å². The Bertz CT molecular complexity index is 302. The molecule has 1 atom stereocenters. The molecule has 2 amide bonds. The summed E-state index contributed by atoms with van der Waals surface area (Å²) in [5.41, 5.74) is -0.572. The Hall–Kier alpha value is -1.32. The largest absolute Gasteiger partial charge is 0.444 e. The molecule has 0 aromatic rings. The van der Waals surface area contributed by atoms with Gasteiger partial charge in [0.25, 0.3) is 0 Å². The SMILES string of the molecule is CC(C)(C)OC(=O)NC(=O)CC1C=CCC1. The van der Waals surface area contributed by atoms with Crippen molar-refractivity contribution in [2.75, 3.05) is 0 Å². The molecule has 4 heteroatoms. The number of imide groups is 1. The van der Waals surface area contributed by atoms with Crippen LogP contribution >= 0.6 is 0 Å². The molecular weight excluding hydrogens is 206 g/mol. The minimum atomic E-state index is -0.667. The molecule has 0 bridgehead atoms. The first kappa shape index (κ1) is 12.7. The fraction of sp³-hybridized carbons (Fsp3) is 0.667. The van der Waals surface area contributed by atoms with E-state index in [9.17, 15) is 9.59 Å². The van der Waals surface area contributed by atoms with Gasteiger partial charge in [-0.15, -0.1) is 0 Å². The summed E-state index contributed by atoms with van der Waals surface area (Å²) in [4.78, 5) is 22.7. The summed E-state index contributed by atoms with van der Waals surface area (Å²) in [6, 6.07) is 0. The molecule has 0 aliphatic heterocycles. The normalized spacial score (nSPS) is 19.6. The lowest BCUT2D eigenvalue weighted by Crippen LogP contribution is -2.36. The number of ether oxygens (including phenoxy) is 1. The van der Waals surface area contributed by atoms with Crippen LogP contribution in [0.1, 0.15) is 40.0 Å². The van der Waals surface area contributed by atoms with Crippen molar-refractivity contribution in [3.8, 4) is 0 Å². The Labute approximate surface area is 96.0 Å². The van der Waals surface area contributed by atoms with E-state index in [0.29, 0.717) is 6.42 Å². The van der Waals surface area contributed by atoms with Crippen molar-refractivity contribution >= 4 is 12.0 Å². The van der Waals surface area contributed by atoms with Gasteiger partial charge in [-0.05, 0) is 39.5 Å². The van der Waals surface area contributed by atoms with E-state index >= 15 is 0 Å². The highest BCUT2D eigenvalue weighted by Crippen LogP contribution is 2.20. The van der Waals surface area contributed by atoms with E-state index in [1.165, 1.54) is 0 Å². The standard InChI is InChI=1S/C12H19NO3/c1-12(2,3)16-11(15)13-10(14)8-9-6-4-5-7-9/h4,6,9H,5,7-8H2,1-3H3,(H,13,14,15). The Kier molecular flexibility index (Phi) is 4.10. The number of alkyl carbamates (subject to hydrolysis) is 1. The van der Waals surface area contributed by atoms with Crippen LogP contribution in [-0.2, 0) is 9.53 Å². The Balaban J connectivity index is 2.28. The smallest absolute Gasteiger partial charge is 0.414 e. The van der Waals surface area contributed by atoms with Crippen molar-refractivity contribution in [2.24, 2.45) is 5.92 Å². The molecular formula is C12H19NO3. The van der Waals surface area contributed by atoms with Gasteiger partial charge in [-0.1, -0.05) is 12.2 Å². The summed E-state index contributed by atoms with van der Waals surface area (Å²) in [5, 5.41) is 2.23. The number of nitrogens with one attached hydrogen (secondary N) is 1. The third-order valence-electron chi connectivity index (χ3n) is 2.20. The number of amides is 2. The molecule has 0 fully saturated rings. The Morgan fingerprint density at radius 3 is 2.62 bits per heavy atom. The molecule has 1 aliphatic rings. The topological polar surface area (TPSA) is 55.4 Å². The van der Waals surface area contributed by atoms with Gasteiger partial charge < -0.3 is 4.74 Å². The molecule has 0 radical (unpaired) electrons. The molecule has 0 heterocycles. The van der Waals surface area contributed by atoms with Gasteiger partial charge in [0.05, 0.1) is 0 Å². The van der Waals surface area contributed by atoms with E-state index < -0.39 is 11.7 Å². The average Bonchev–Trinajstić information content (AvgIpc) is 2.51. The third kappa shape index (κ3) is 4.96. The van der Waals surface area contributed by atoms with Crippen molar-refractivity contribution in [1.82, 2.24) is 5.32 Å². The second-order valence-electron chi connectivity index (χ2n) is 5.02. The van der Waals surface area contributed by atoms with Gasteiger partial charge in [0.15, 0.2) is 0 Å². The summed E-state index contributed by atoms with van der Waals surface area (Å²) in [6.07, 6.45) is 5.78. The van der Waals surface area contributed by atoms with Crippen LogP contribution in [0, 0.1) is 5.92 Å². The fourth-order valence-corrected chi connectivity index (χ4v) is 1.57. The molecule has 1 unspecified atom stereocenters. The molecule has 4 nitrogen and oxygen atoms in total. The first-order valence-corrected chi connectivity index (χ1v) is 5.56. The van der Waals surface area contributed by atoms with E-state index in [2.05, 4.69) is 11.4 Å². The van der Waals surface area contributed by atoms with Gasteiger partial charge >= 0.3 is 6.09 Å². The monoisotopic (exact) mass is 225 g/mol. The second kappa shape index (κ2) is 5.14. The summed E-state index contributed by atoms with van der Waals surface area (Å²) in [7, 11) is 0. The number of allylic oxidation sites excluding steroid dienone is 2. The Morgan fingerprint density at radius 1 is 1.44 bits per heavy atom. The maximum absolute atomic E-state index is 11.4. The average molecular weight is 225 g/mol. The van der Waals surface area contributed by atoms with E-state index in [1.54, 1.807) is 20.8 Å². The molecule has 16 heavy (non-hydrogen) atoms. The predicted molar refractivity (Wildman–Crippen MR) is 60.9 cm³/mol. The van der Waals surface area contributed by atoms with Crippen molar-refractivity contribution in [3.05, 3.63) is 12.2 Å². The van der Waals surface area contributed by atoms with Gasteiger partial charge in [0.1, 0.15) is 5.60 Å². The van der Waals surface area contributed by atoms with Crippen LogP contribution in [0.5, 0.6) is 0 Å². The van der Waals surface area contributed by atoms with E-state index in [0.717, 1.165) is 12.8 Å². The molecule has 0 saturated heterocycles. The molecule has 1 rings (SSSR count). The fourth-order valence-electron chi connectivity index (χ4n) is 1.57. The maximum atomic E-state index is 11.4. The van der Waals surface area contributed by atoms with Crippen LogP contribution in [0.3, 0.4) is 0 Å². The number of hydrogen-bond acceptors (Lipinski definition) is 3. The van der Waals surface area contributed by atoms with Crippen molar-refractivity contribution in [3.63, 3.8) is 0 Å². The molecule has 0 spiro atoms. The van der Waals surface area contributed by atoms with Crippen LogP contribution in [0.15, 0.2) is 12.2 Å². The van der Waals surface area contributed by atoms with Gasteiger partial charge in [-0.25, -0.2) is 4.79 Å². The van der Waals surface area contributed by atoms with E-state index in [4.69, 9.17) is 4.74 Å². The lowest BCUT2D eigenvalue weighted by molar-refractivity contribution is -0.121. The van der Waals surface area contributed by atoms with Gasteiger partial charge in [-0.3, -0.25) is 10.1 Å². The van der Waals surface area contributed by atoms with Crippen LogP contribution in [-0.4, -0.2) is 17.6 Å². The van der Waals surface area contributed by atoms with Crippen molar-refractivity contribution < 1.29 is 14.3 Å². The highest BCUT2D eigenvalue weighted by atomic mass is 16.6. The zero-order valence-electron chi connectivity index (χ0n) is 10.1. The number of carbonyl (C=O) groups excluding carboxylic acids is 2. The number of hydrogen-bond donors (Lipinski definition) is 1. The lowest BCUT2D eigenvalue weighted by atomic mass is 10.1. The van der Waals surface area contributed by atoms with E-state index in [-0.39, 0.29) is 11.8 Å². The molecule has 1 aliphatic carbocycles. The molecule has 0 aromatic heterocycles. The van der Waals surface area contributed by atoms with Crippen molar-refractivity contribution in [2.45, 2.75) is 45.6 Å². The summed E-state index contributed by atoms with van der Waals surface area (Å²) in [6.45, 7) is 5.28. The lowest BCUT2D eigenvalue weighted by Gasteiger charge is -2.19. The van der Waals surface area contributed by atoms with Crippen LogP contribution in [0.25, 0.3) is 0 Å². The number of rotatable bonds is 2. The van der Waals surface area contributed by atoms with Crippen LogP contribution in [0.4, 0.5) is 4.79 Å². The summed E-state index contributed by atoms with van der Waals surface area (Å²) < 4.78 is 4.98. The molecule has 90 valence electrons. The first-order valence-electron chi connectivity index (χ1n) is 5.56. The minimum absolute atomic E-state index is 0.266. The predicted octanol–water partition coefficient (Wildman–Crippen LogP) is 2.39. The molecule has 1 N–H and O–H groups in total. The highest BCUT2D eigenvalue weighted by molar-refractivity contribution is 5.92. The van der Waals surface area contributed by atoms with Gasteiger partial charge in [-0.2, -0.15) is 0 Å². The van der Waals surface area contributed by atoms with Gasteiger partial charge in [0, 0.05) is 6.42 Å². The van der Waals surface area contributed by atoms with Gasteiger partial charge in [0.2, 0.25) is 5.91 Å². The minimum Gasteiger partial charge on any atom is -0.444 e. The first-order chi connectivity index (χ1) is 7.37. The third-order valence-corrected chi connectivity index (χ3v) is 2.20. The summed E-state index contributed by atoms with van der Waals surface area (Å²) >= 11 is 0. The molecule has 0 saturated carbocycles. The quantitative estimate of drug-likeness (QED) is 0.734. The second-order valence-corrected chi connectivity index (χ2v) is 5.02. The highest BCUT2D eigenvalue weighted by Gasteiger charge is 2.20. The zero-order valence-corrected chi connectivity index (χ0v) is 10.1. The Morgan fingerprint density at radius 2 is 2.12 bits per heavy atom. The van der Waals surface area contributed by atoms with E-state index in [1.807, 2.05) is 6.08 Å².